The van der Waals surface area contributed by atoms with E-state index >= 15 is 0 Å². The number of methoxy groups -OCH3 is 1. The Labute approximate surface area is 144 Å². The summed E-state index contributed by atoms with van der Waals surface area (Å²) in [5.41, 5.74) is 2.03. The van der Waals surface area contributed by atoms with Crippen LogP contribution in [-0.2, 0) is 4.79 Å². The van der Waals surface area contributed by atoms with Crippen LogP contribution in [0, 0.1) is 0 Å². The zero-order valence-corrected chi connectivity index (χ0v) is 14.7. The molecule has 24 heavy (non-hydrogen) atoms. The first-order chi connectivity index (χ1) is 11.6. The van der Waals surface area contributed by atoms with Gasteiger partial charge in [-0.3, -0.25) is 9.69 Å². The van der Waals surface area contributed by atoms with E-state index in [9.17, 15) is 4.79 Å². The van der Waals surface area contributed by atoms with Gasteiger partial charge in [0.05, 0.1) is 7.11 Å². The summed E-state index contributed by atoms with van der Waals surface area (Å²) in [6.07, 6.45) is 0.469. The smallest absolute Gasteiger partial charge is 0.225 e. The van der Waals surface area contributed by atoms with E-state index in [4.69, 9.17) is 4.74 Å². The number of nitrogens with one attached hydrogen (secondary N) is 1. The molecule has 0 aliphatic rings. The van der Waals surface area contributed by atoms with E-state index in [0.29, 0.717) is 13.0 Å². The molecule has 0 fully saturated rings. The minimum absolute atomic E-state index is 0.0393. The Morgan fingerprint density at radius 2 is 1.92 bits per heavy atom. The molecule has 0 aliphatic carbocycles. The van der Waals surface area contributed by atoms with Crippen molar-refractivity contribution in [1.82, 2.24) is 4.90 Å². The van der Waals surface area contributed by atoms with Crippen molar-refractivity contribution < 1.29 is 9.53 Å². The number of carbonyl (C=O) groups excluding carboxylic acids is 1. The predicted octanol–water partition coefficient (Wildman–Crippen LogP) is 4.11. The second-order valence-corrected chi connectivity index (χ2v) is 5.75. The highest BCUT2D eigenvalue weighted by molar-refractivity contribution is 5.90. The predicted molar refractivity (Wildman–Crippen MR) is 98.3 cm³/mol. The fourth-order valence-corrected chi connectivity index (χ4v) is 2.73. The third kappa shape index (κ3) is 5.10. The molecule has 1 unspecified atom stereocenters. The van der Waals surface area contributed by atoms with Gasteiger partial charge in [-0.1, -0.05) is 37.3 Å². The van der Waals surface area contributed by atoms with Crippen LogP contribution in [0.2, 0.25) is 0 Å². The van der Waals surface area contributed by atoms with E-state index in [-0.39, 0.29) is 11.9 Å². The zero-order chi connectivity index (χ0) is 17.4. The molecule has 2 aromatic carbocycles. The average Bonchev–Trinajstić information content (AvgIpc) is 2.63. The Morgan fingerprint density at radius 1 is 1.17 bits per heavy atom. The molecule has 0 spiro atoms. The monoisotopic (exact) mass is 326 g/mol. The standard InChI is InChI=1S/C20H26N2O2/c1-4-22(16(2)17-9-8-12-19(15-17)24-3)14-13-20(23)21-18-10-6-5-7-11-18/h5-12,15-16H,4,13-14H2,1-3H3,(H,21,23). The van der Waals surface area contributed by atoms with E-state index in [2.05, 4.69) is 36.2 Å². The maximum absolute atomic E-state index is 12.1. The Balaban J connectivity index is 1.92. The normalized spacial score (nSPS) is 12.0. The van der Waals surface area contributed by atoms with Crippen LogP contribution in [0.15, 0.2) is 54.6 Å². The van der Waals surface area contributed by atoms with E-state index in [0.717, 1.165) is 18.0 Å². The third-order valence-electron chi connectivity index (χ3n) is 4.21. The fourth-order valence-electron chi connectivity index (χ4n) is 2.73. The number of anilines is 1. The summed E-state index contributed by atoms with van der Waals surface area (Å²) in [5.74, 6) is 0.898. The number of hydrogen-bond acceptors (Lipinski definition) is 3. The van der Waals surface area contributed by atoms with Crippen LogP contribution in [0.5, 0.6) is 5.75 Å². The number of rotatable bonds is 8. The molecule has 2 rings (SSSR count). The second kappa shape index (κ2) is 9.08. The first-order valence-electron chi connectivity index (χ1n) is 8.37. The van der Waals surface area contributed by atoms with Gasteiger partial charge in [-0.15, -0.1) is 0 Å². The highest BCUT2D eigenvalue weighted by atomic mass is 16.5. The van der Waals surface area contributed by atoms with Crippen molar-refractivity contribution in [3.05, 3.63) is 60.2 Å². The lowest BCUT2D eigenvalue weighted by atomic mass is 10.1. The van der Waals surface area contributed by atoms with Crippen molar-refractivity contribution in [2.45, 2.75) is 26.3 Å². The largest absolute Gasteiger partial charge is 0.497 e. The number of carbonyl (C=O) groups is 1. The Morgan fingerprint density at radius 3 is 2.58 bits per heavy atom. The van der Waals surface area contributed by atoms with Crippen LogP contribution in [0.1, 0.15) is 31.9 Å². The minimum atomic E-state index is 0.0393. The lowest BCUT2D eigenvalue weighted by Crippen LogP contribution is -2.30. The maximum atomic E-state index is 12.1. The van der Waals surface area contributed by atoms with E-state index in [1.54, 1.807) is 7.11 Å². The Hall–Kier alpha value is -2.33. The van der Waals surface area contributed by atoms with Gasteiger partial charge < -0.3 is 10.1 Å². The summed E-state index contributed by atoms with van der Waals surface area (Å²) < 4.78 is 5.30. The van der Waals surface area contributed by atoms with Gasteiger partial charge in [-0.25, -0.2) is 0 Å². The summed E-state index contributed by atoms with van der Waals surface area (Å²) >= 11 is 0. The number of para-hydroxylation sites is 1. The first kappa shape index (κ1) is 18.0. The molecular formula is C20H26N2O2. The van der Waals surface area contributed by atoms with Crippen LogP contribution in [0.4, 0.5) is 5.69 Å². The van der Waals surface area contributed by atoms with Crippen molar-refractivity contribution in [3.8, 4) is 5.75 Å². The van der Waals surface area contributed by atoms with Gasteiger partial charge in [0, 0.05) is 24.7 Å². The zero-order valence-electron chi connectivity index (χ0n) is 14.7. The minimum Gasteiger partial charge on any atom is -0.497 e. The summed E-state index contributed by atoms with van der Waals surface area (Å²) in [6.45, 7) is 5.88. The highest BCUT2D eigenvalue weighted by Crippen LogP contribution is 2.24. The van der Waals surface area contributed by atoms with Crippen molar-refractivity contribution in [3.63, 3.8) is 0 Å². The molecule has 128 valence electrons. The van der Waals surface area contributed by atoms with Crippen molar-refractivity contribution in [1.29, 1.82) is 0 Å². The average molecular weight is 326 g/mol. The van der Waals surface area contributed by atoms with Crippen LogP contribution in [0.25, 0.3) is 0 Å². The summed E-state index contributed by atoms with van der Waals surface area (Å²) in [4.78, 5) is 14.4. The molecule has 0 heterocycles. The van der Waals surface area contributed by atoms with Crippen molar-refractivity contribution in [2.24, 2.45) is 0 Å². The van der Waals surface area contributed by atoms with Crippen LogP contribution < -0.4 is 10.1 Å². The summed E-state index contributed by atoms with van der Waals surface area (Å²) in [6, 6.07) is 17.9. The Kier molecular flexibility index (Phi) is 6.82. The fraction of sp³-hybridized carbons (Fsp3) is 0.350. The van der Waals surface area contributed by atoms with Gasteiger partial charge >= 0.3 is 0 Å². The summed E-state index contributed by atoms with van der Waals surface area (Å²) in [7, 11) is 1.68. The molecule has 0 aliphatic heterocycles. The highest BCUT2D eigenvalue weighted by Gasteiger charge is 2.16. The number of hydrogen-bond donors (Lipinski definition) is 1. The quantitative estimate of drug-likeness (QED) is 0.794. The number of nitrogens with zero attached hydrogens (tertiary/aromatic N) is 1. The molecule has 0 aromatic heterocycles. The van der Waals surface area contributed by atoms with Crippen molar-refractivity contribution in [2.75, 3.05) is 25.5 Å². The molecule has 2 aromatic rings. The SMILES string of the molecule is CCN(CCC(=O)Nc1ccccc1)C(C)c1cccc(OC)c1. The van der Waals surface area contributed by atoms with E-state index < -0.39 is 0 Å². The molecule has 1 atom stereocenters. The number of benzene rings is 2. The molecule has 0 saturated heterocycles. The topological polar surface area (TPSA) is 41.6 Å². The number of amides is 1. The molecular weight excluding hydrogens is 300 g/mol. The maximum Gasteiger partial charge on any atom is 0.225 e. The molecule has 0 bridgehead atoms. The van der Waals surface area contributed by atoms with E-state index in [1.807, 2.05) is 42.5 Å². The van der Waals surface area contributed by atoms with Gasteiger partial charge in [0.2, 0.25) is 5.91 Å². The van der Waals surface area contributed by atoms with Crippen LogP contribution in [0.3, 0.4) is 0 Å². The molecule has 4 heteroatoms. The van der Waals surface area contributed by atoms with Gasteiger partial charge in [0.15, 0.2) is 0 Å². The van der Waals surface area contributed by atoms with Gasteiger partial charge in [-0.05, 0) is 43.3 Å². The lowest BCUT2D eigenvalue weighted by molar-refractivity contribution is -0.116. The Bertz CT molecular complexity index is 643. The van der Waals surface area contributed by atoms with Crippen LogP contribution >= 0.6 is 0 Å². The summed E-state index contributed by atoms with van der Waals surface area (Å²) in [5, 5.41) is 2.93. The molecule has 4 nitrogen and oxygen atoms in total. The van der Waals surface area contributed by atoms with E-state index in [1.165, 1.54) is 5.56 Å². The third-order valence-corrected chi connectivity index (χ3v) is 4.21. The van der Waals surface area contributed by atoms with Crippen molar-refractivity contribution >= 4 is 11.6 Å². The second-order valence-electron chi connectivity index (χ2n) is 5.75. The van der Waals surface area contributed by atoms with Crippen LogP contribution in [-0.4, -0.2) is 31.0 Å². The molecule has 1 N–H and O–H groups in total. The molecule has 0 saturated carbocycles. The lowest BCUT2D eigenvalue weighted by Gasteiger charge is -2.28. The molecule has 1 amide bonds. The van der Waals surface area contributed by atoms with Gasteiger partial charge in [-0.2, -0.15) is 0 Å². The van der Waals surface area contributed by atoms with Gasteiger partial charge in [0.1, 0.15) is 5.75 Å². The first-order valence-corrected chi connectivity index (χ1v) is 8.37. The molecule has 0 radical (unpaired) electrons. The number of ether oxygens (including phenoxy) is 1. The van der Waals surface area contributed by atoms with Gasteiger partial charge in [0.25, 0.3) is 0 Å².